The number of likely N-dealkylation sites (tertiary alicyclic amines) is 1. The van der Waals surface area contributed by atoms with E-state index in [2.05, 4.69) is 16.0 Å². The van der Waals surface area contributed by atoms with Crippen LogP contribution >= 0.6 is 0 Å². The van der Waals surface area contributed by atoms with Gasteiger partial charge in [-0.05, 0) is 43.4 Å². The van der Waals surface area contributed by atoms with E-state index < -0.39 is 54.9 Å². The van der Waals surface area contributed by atoms with Crippen molar-refractivity contribution >= 4 is 48.5 Å². The molecule has 0 spiro atoms. The van der Waals surface area contributed by atoms with Crippen molar-refractivity contribution in [1.29, 1.82) is 0 Å². The van der Waals surface area contributed by atoms with E-state index in [0.717, 1.165) is 5.56 Å². The third-order valence-corrected chi connectivity index (χ3v) is 11.5. The lowest BCUT2D eigenvalue weighted by Crippen LogP contribution is -2.56. The summed E-state index contributed by atoms with van der Waals surface area (Å²) in [5.41, 5.74) is 1.01. The molecule has 6 rings (SSSR count). The van der Waals surface area contributed by atoms with Crippen molar-refractivity contribution in [2.24, 2.45) is 11.8 Å². The Kier molecular flexibility index (Phi) is 16.4. The van der Waals surface area contributed by atoms with Gasteiger partial charge in [-0.15, -0.1) is 0 Å². The first-order valence-corrected chi connectivity index (χ1v) is 20.5. The summed E-state index contributed by atoms with van der Waals surface area (Å²) in [6.45, 7) is 9.24. The summed E-state index contributed by atoms with van der Waals surface area (Å²) in [5.74, 6) is -4.51. The van der Waals surface area contributed by atoms with E-state index in [-0.39, 0.29) is 74.2 Å². The van der Waals surface area contributed by atoms with Crippen LogP contribution in [-0.4, -0.2) is 197 Å². The summed E-state index contributed by atoms with van der Waals surface area (Å²) >= 11 is 0. The quantitative estimate of drug-likeness (QED) is 0.0882. The molecule has 4 unspecified atom stereocenters. The van der Waals surface area contributed by atoms with Crippen LogP contribution in [0, 0.1) is 11.8 Å². The largest absolute Gasteiger partial charge is 0.480 e. The average Bonchev–Trinajstić information content (AvgIpc) is 3.62. The molecule has 59 heavy (non-hydrogen) atoms. The molecule has 1 aromatic rings. The highest BCUT2D eigenvalue weighted by Crippen LogP contribution is 2.23. The molecular formula is C39H59BN8O11. The Bertz CT molecular complexity index is 1680. The minimum absolute atomic E-state index is 0.0316. The summed E-state index contributed by atoms with van der Waals surface area (Å²) in [7, 11) is -1.68. The minimum Gasteiger partial charge on any atom is -0.480 e. The molecule has 0 radical (unpaired) electrons. The van der Waals surface area contributed by atoms with Crippen LogP contribution in [0.15, 0.2) is 24.3 Å². The maximum Gasteiger partial charge on any atom is 0.475 e. The van der Waals surface area contributed by atoms with E-state index in [1.165, 1.54) is 11.8 Å². The second-order valence-corrected chi connectivity index (χ2v) is 16.5. The zero-order valence-electron chi connectivity index (χ0n) is 34.2. The molecule has 20 heteroatoms. The number of carboxylic acid groups (broad SMARTS) is 1. The average molecular weight is 827 g/mol. The Morgan fingerprint density at radius 2 is 1.53 bits per heavy atom. The van der Waals surface area contributed by atoms with Crippen molar-refractivity contribution in [2.45, 2.75) is 70.7 Å². The number of carbonyl (C=O) groups excluding carboxylic acids is 6. The van der Waals surface area contributed by atoms with Crippen LogP contribution in [0.3, 0.4) is 0 Å². The molecule has 4 amide bonds. The molecule has 5 heterocycles. The topological polar surface area (TPSA) is 242 Å². The molecule has 5 aliphatic rings. The highest BCUT2D eigenvalue weighted by atomic mass is 16.5. The Hall–Kier alpha value is -4.47. The first kappa shape index (κ1) is 45.6. The second-order valence-electron chi connectivity index (χ2n) is 16.5. The number of amides is 4. The van der Waals surface area contributed by atoms with Crippen LogP contribution in [0.2, 0.25) is 0 Å². The van der Waals surface area contributed by atoms with Gasteiger partial charge in [0.15, 0.2) is 5.78 Å². The van der Waals surface area contributed by atoms with Gasteiger partial charge in [-0.1, -0.05) is 26.0 Å². The van der Waals surface area contributed by atoms with Gasteiger partial charge in [-0.25, -0.2) is 0 Å². The number of rotatable bonds is 13. The van der Waals surface area contributed by atoms with Gasteiger partial charge < -0.3 is 40.7 Å². The van der Waals surface area contributed by atoms with Crippen LogP contribution in [0.4, 0.5) is 0 Å². The zero-order valence-corrected chi connectivity index (χ0v) is 34.2. The first-order chi connectivity index (χ1) is 28.1. The van der Waals surface area contributed by atoms with E-state index in [4.69, 9.17) is 4.74 Å². The van der Waals surface area contributed by atoms with Gasteiger partial charge in [0.05, 0.1) is 32.1 Å². The fourth-order valence-electron chi connectivity index (χ4n) is 8.22. The van der Waals surface area contributed by atoms with Gasteiger partial charge in [0, 0.05) is 83.3 Å². The van der Waals surface area contributed by atoms with Crippen LogP contribution in [0.5, 0.6) is 0 Å². The van der Waals surface area contributed by atoms with Crippen molar-refractivity contribution in [1.82, 2.24) is 40.4 Å². The standard InChI is InChI=1S/C39H59BN8O11/c1-25(2)36(38(55)42-26(3)39(56)48-10-4-5-32(48)40(57)58)43-37(54)28-8-6-27(7-9-28)18-41-33(50)22-45-12-11-44-13-16-47-20-29(19-46(15-14-45)23-34(51)52)31(17-30(49)21-44)59-35(53)24-47/h6-9,25-26,29,31-32,36,57-58H,4-5,10-24H2,1-3H3,(H,41,50)(H,42,55)(H,43,54)(H,51,52)/t26-,29?,31?,32+,36+/m1/s1. The number of nitrogens with zero attached hydrogens (tertiary/aromatic N) is 5. The summed E-state index contributed by atoms with van der Waals surface area (Å²) in [6.07, 6.45) is 0.491. The minimum atomic E-state index is -1.68. The van der Waals surface area contributed by atoms with Gasteiger partial charge in [0.25, 0.3) is 5.91 Å². The van der Waals surface area contributed by atoms with Gasteiger partial charge >= 0.3 is 19.1 Å². The van der Waals surface area contributed by atoms with Crippen molar-refractivity contribution in [2.75, 3.05) is 85.1 Å². The molecule has 7 atom stereocenters. The smallest absolute Gasteiger partial charge is 0.475 e. The summed E-state index contributed by atoms with van der Waals surface area (Å²) < 4.78 is 5.74. The van der Waals surface area contributed by atoms with Crippen LogP contribution < -0.4 is 16.0 Å². The fourth-order valence-corrected chi connectivity index (χ4v) is 8.22. The molecule has 4 bridgehead atoms. The Balaban J connectivity index is 1.15. The van der Waals surface area contributed by atoms with Gasteiger partial charge in [0.2, 0.25) is 17.7 Å². The number of carbonyl (C=O) groups is 7. The summed E-state index contributed by atoms with van der Waals surface area (Å²) in [4.78, 5) is 99.5. The first-order valence-electron chi connectivity index (χ1n) is 20.5. The SMILES string of the molecule is CC(C)[C@H](NC(=O)c1ccc(CNC(=O)CN2CCN3CCN4CC(=O)OC(CC(=O)C3)C(CN(CC(=O)O)CC2)C4)cc1)C(=O)N[C@H](C)C(=O)N1CCC[C@H]1B(O)O. The van der Waals surface area contributed by atoms with Crippen molar-refractivity contribution in [3.8, 4) is 0 Å². The maximum atomic E-state index is 13.3. The Morgan fingerprint density at radius 1 is 0.847 bits per heavy atom. The highest BCUT2D eigenvalue weighted by Gasteiger charge is 2.40. The molecule has 0 saturated carbocycles. The lowest BCUT2D eigenvalue weighted by Gasteiger charge is -2.33. The highest BCUT2D eigenvalue weighted by molar-refractivity contribution is 6.43. The van der Waals surface area contributed by atoms with Crippen molar-refractivity contribution in [3.05, 3.63) is 35.4 Å². The number of benzene rings is 1. The number of hydrogen-bond donors (Lipinski definition) is 6. The number of hydrogen-bond acceptors (Lipinski definition) is 14. The third-order valence-electron chi connectivity index (χ3n) is 11.5. The van der Waals surface area contributed by atoms with Gasteiger partial charge in [-0.3, -0.25) is 53.2 Å². The van der Waals surface area contributed by atoms with Crippen LogP contribution in [-0.2, 0) is 40.0 Å². The van der Waals surface area contributed by atoms with Gasteiger partial charge in [-0.2, -0.15) is 0 Å². The van der Waals surface area contributed by atoms with E-state index in [9.17, 15) is 48.7 Å². The third kappa shape index (κ3) is 13.3. The number of carboxylic acids is 1. The summed E-state index contributed by atoms with van der Waals surface area (Å²) in [5, 5.41) is 37.3. The predicted molar refractivity (Wildman–Crippen MR) is 213 cm³/mol. The molecular weight excluding hydrogens is 767 g/mol. The number of fused-ring (bicyclic) bond motifs is 9. The molecule has 6 N–H and O–H groups in total. The zero-order chi connectivity index (χ0) is 42.8. The van der Waals surface area contributed by atoms with Crippen LogP contribution in [0.1, 0.15) is 56.0 Å². The van der Waals surface area contributed by atoms with E-state index in [1.54, 1.807) is 43.0 Å². The van der Waals surface area contributed by atoms with E-state index >= 15 is 0 Å². The molecule has 1 aromatic carbocycles. The van der Waals surface area contributed by atoms with Gasteiger partial charge in [0.1, 0.15) is 18.2 Å². The second kappa shape index (κ2) is 21.2. The van der Waals surface area contributed by atoms with E-state index in [0.29, 0.717) is 71.7 Å². The summed E-state index contributed by atoms with van der Waals surface area (Å²) in [6, 6.07) is 4.65. The molecule has 19 nitrogen and oxygen atoms in total. The normalized spacial score (nSPS) is 25.6. The fraction of sp³-hybridized carbons (Fsp3) is 0.667. The Labute approximate surface area is 344 Å². The van der Waals surface area contributed by atoms with Crippen molar-refractivity contribution in [3.63, 3.8) is 0 Å². The monoisotopic (exact) mass is 826 g/mol. The maximum absolute atomic E-state index is 13.3. The molecule has 0 aromatic heterocycles. The number of ketones is 1. The lowest BCUT2D eigenvalue weighted by molar-refractivity contribution is -0.151. The molecule has 5 aliphatic heterocycles. The number of aliphatic carboxylic acids is 1. The molecule has 0 aliphatic carbocycles. The van der Waals surface area contributed by atoms with Crippen molar-refractivity contribution < 1.29 is 53.5 Å². The lowest BCUT2D eigenvalue weighted by atomic mass is 9.78. The number of Topliss-reactive ketones (excluding diaryl/α,β-unsaturated/α-hetero) is 1. The van der Waals surface area contributed by atoms with Crippen LogP contribution in [0.25, 0.3) is 0 Å². The molecule has 324 valence electrons. The number of nitrogens with one attached hydrogen (secondary N) is 3. The number of ether oxygens (including phenoxy) is 1. The number of esters is 1. The molecule has 5 fully saturated rings. The predicted octanol–water partition coefficient (Wildman–Crippen LogP) is -2.61. The van der Waals surface area contributed by atoms with E-state index in [1.807, 2.05) is 14.7 Å². The molecule has 5 saturated heterocycles. The Morgan fingerprint density at radius 3 is 2.22 bits per heavy atom.